The van der Waals surface area contributed by atoms with E-state index in [4.69, 9.17) is 16.3 Å². The highest BCUT2D eigenvalue weighted by Gasteiger charge is 2.22. The normalized spacial score (nSPS) is 12.9. The van der Waals surface area contributed by atoms with E-state index in [9.17, 15) is 4.79 Å². The molecule has 0 unspecified atom stereocenters. The second-order valence-corrected chi connectivity index (χ2v) is 5.73. The molecule has 0 saturated heterocycles. The van der Waals surface area contributed by atoms with Gasteiger partial charge in [0, 0.05) is 21.5 Å². The highest BCUT2D eigenvalue weighted by Crippen LogP contribution is 2.34. The fourth-order valence-electron chi connectivity index (χ4n) is 2.19. The van der Waals surface area contributed by atoms with Gasteiger partial charge in [-0.1, -0.05) is 27.5 Å². The first-order valence-corrected chi connectivity index (χ1v) is 7.08. The summed E-state index contributed by atoms with van der Waals surface area (Å²) in [5.74, 6) is 0.616. The molecule has 4 heteroatoms. The van der Waals surface area contributed by atoms with Crippen LogP contribution in [0.3, 0.4) is 0 Å². The van der Waals surface area contributed by atoms with Gasteiger partial charge in [-0.05, 0) is 42.0 Å². The zero-order valence-electron chi connectivity index (χ0n) is 9.95. The zero-order valence-corrected chi connectivity index (χ0v) is 12.3. The van der Waals surface area contributed by atoms with E-state index in [1.54, 1.807) is 18.2 Å². The van der Waals surface area contributed by atoms with Crippen LogP contribution in [0, 0.1) is 0 Å². The van der Waals surface area contributed by atoms with Crippen molar-refractivity contribution in [2.75, 3.05) is 6.61 Å². The highest BCUT2D eigenvalue weighted by molar-refractivity contribution is 9.10. The maximum atomic E-state index is 12.5. The first kappa shape index (κ1) is 12.7. The molecule has 0 radical (unpaired) electrons. The minimum Gasteiger partial charge on any atom is -0.492 e. The first-order valence-electron chi connectivity index (χ1n) is 5.90. The van der Waals surface area contributed by atoms with Gasteiger partial charge in [0.25, 0.3) is 0 Å². The lowest BCUT2D eigenvalue weighted by atomic mass is 10.00. The summed E-state index contributed by atoms with van der Waals surface area (Å²) < 4.78 is 6.50. The molecule has 0 fully saturated rings. The minimum atomic E-state index is -0.0619. The van der Waals surface area contributed by atoms with E-state index in [1.807, 2.05) is 18.2 Å². The summed E-state index contributed by atoms with van der Waals surface area (Å²) in [5, 5.41) is 0.574. The van der Waals surface area contributed by atoms with Crippen LogP contribution < -0.4 is 4.74 Å². The molecule has 1 heterocycles. The SMILES string of the molecule is O=C(c1ccc(Br)cc1)c1cc(Cl)cc2c1OCC2. The van der Waals surface area contributed by atoms with Gasteiger partial charge in [-0.2, -0.15) is 0 Å². The fourth-order valence-corrected chi connectivity index (χ4v) is 2.70. The molecule has 0 aliphatic carbocycles. The Morgan fingerprint density at radius 1 is 1.21 bits per heavy atom. The van der Waals surface area contributed by atoms with Crippen molar-refractivity contribution in [1.82, 2.24) is 0 Å². The number of ketones is 1. The summed E-state index contributed by atoms with van der Waals surface area (Å²) in [7, 11) is 0. The zero-order chi connectivity index (χ0) is 13.4. The molecule has 0 bridgehead atoms. The highest BCUT2D eigenvalue weighted by atomic mass is 79.9. The molecular formula is C15H10BrClO2. The fraction of sp³-hybridized carbons (Fsp3) is 0.133. The molecule has 96 valence electrons. The maximum Gasteiger partial charge on any atom is 0.196 e. The van der Waals surface area contributed by atoms with E-state index in [-0.39, 0.29) is 5.78 Å². The molecule has 2 aromatic rings. The largest absolute Gasteiger partial charge is 0.492 e. The van der Waals surface area contributed by atoms with Crippen LogP contribution in [-0.2, 0) is 6.42 Å². The Morgan fingerprint density at radius 2 is 1.95 bits per heavy atom. The molecule has 3 rings (SSSR count). The molecular weight excluding hydrogens is 328 g/mol. The number of ether oxygens (including phenoxy) is 1. The Morgan fingerprint density at radius 3 is 2.68 bits per heavy atom. The van der Waals surface area contributed by atoms with Gasteiger partial charge in [-0.25, -0.2) is 0 Å². The predicted molar refractivity (Wildman–Crippen MR) is 78.2 cm³/mol. The molecule has 1 aliphatic heterocycles. The predicted octanol–water partition coefficient (Wildman–Crippen LogP) is 4.27. The second-order valence-electron chi connectivity index (χ2n) is 4.38. The number of hydrogen-bond acceptors (Lipinski definition) is 2. The molecule has 19 heavy (non-hydrogen) atoms. The average molecular weight is 338 g/mol. The second kappa shape index (κ2) is 4.99. The molecule has 0 saturated carbocycles. The standard InChI is InChI=1S/C15H10BrClO2/c16-11-3-1-9(2-4-11)14(18)13-8-12(17)7-10-5-6-19-15(10)13/h1-4,7-8H,5-6H2. The lowest BCUT2D eigenvalue weighted by molar-refractivity contribution is 0.103. The Kier molecular flexibility index (Phi) is 3.33. The van der Waals surface area contributed by atoms with Crippen LogP contribution in [-0.4, -0.2) is 12.4 Å². The van der Waals surface area contributed by atoms with Crippen molar-refractivity contribution in [1.29, 1.82) is 0 Å². The lowest BCUT2D eigenvalue weighted by Gasteiger charge is -2.08. The molecule has 2 nitrogen and oxygen atoms in total. The Labute approximate surface area is 124 Å². The van der Waals surface area contributed by atoms with Crippen molar-refractivity contribution in [3.63, 3.8) is 0 Å². The Balaban J connectivity index is 2.07. The van der Waals surface area contributed by atoms with Crippen LogP contribution >= 0.6 is 27.5 Å². The third-order valence-corrected chi connectivity index (χ3v) is 3.85. The van der Waals surface area contributed by atoms with Crippen LogP contribution in [0.25, 0.3) is 0 Å². The van der Waals surface area contributed by atoms with E-state index in [0.717, 1.165) is 16.5 Å². The van der Waals surface area contributed by atoms with Crippen molar-refractivity contribution in [2.45, 2.75) is 6.42 Å². The third kappa shape index (κ3) is 2.40. The topological polar surface area (TPSA) is 26.3 Å². The third-order valence-electron chi connectivity index (χ3n) is 3.10. The number of carbonyl (C=O) groups is 1. The number of fused-ring (bicyclic) bond motifs is 1. The summed E-state index contributed by atoms with van der Waals surface area (Å²) >= 11 is 9.43. The van der Waals surface area contributed by atoms with E-state index < -0.39 is 0 Å². The summed E-state index contributed by atoms with van der Waals surface area (Å²) in [6, 6.07) is 10.8. The number of carbonyl (C=O) groups excluding carboxylic acids is 1. The van der Waals surface area contributed by atoms with Crippen molar-refractivity contribution in [3.05, 3.63) is 62.6 Å². The maximum absolute atomic E-state index is 12.5. The van der Waals surface area contributed by atoms with Gasteiger partial charge in [-0.15, -0.1) is 0 Å². The average Bonchev–Trinajstić information content (AvgIpc) is 2.85. The van der Waals surface area contributed by atoms with Crippen molar-refractivity contribution in [2.24, 2.45) is 0 Å². The molecule has 1 aliphatic rings. The summed E-state index contributed by atoms with van der Waals surface area (Å²) in [4.78, 5) is 12.5. The molecule has 0 aromatic heterocycles. The monoisotopic (exact) mass is 336 g/mol. The number of benzene rings is 2. The van der Waals surface area contributed by atoms with Gasteiger partial charge >= 0.3 is 0 Å². The number of halogens is 2. The van der Waals surface area contributed by atoms with Crippen LogP contribution in [0.15, 0.2) is 40.9 Å². The van der Waals surface area contributed by atoms with Crippen LogP contribution in [0.2, 0.25) is 5.02 Å². The van der Waals surface area contributed by atoms with Gasteiger partial charge in [-0.3, -0.25) is 4.79 Å². The lowest BCUT2D eigenvalue weighted by Crippen LogP contribution is -2.03. The van der Waals surface area contributed by atoms with Crippen molar-refractivity contribution >= 4 is 33.3 Å². The quantitative estimate of drug-likeness (QED) is 0.765. The van der Waals surface area contributed by atoms with Gasteiger partial charge in [0.15, 0.2) is 5.78 Å². The molecule has 0 amide bonds. The summed E-state index contributed by atoms with van der Waals surface area (Å²) in [6.07, 6.45) is 0.802. The molecule has 2 aromatic carbocycles. The molecule has 0 N–H and O–H groups in total. The van der Waals surface area contributed by atoms with Crippen molar-refractivity contribution in [3.8, 4) is 5.75 Å². The summed E-state index contributed by atoms with van der Waals surface area (Å²) in [5.41, 5.74) is 2.18. The van der Waals surface area contributed by atoms with Gasteiger partial charge in [0.1, 0.15) is 5.75 Å². The first-order chi connectivity index (χ1) is 9.15. The van der Waals surface area contributed by atoms with Crippen LogP contribution in [0.4, 0.5) is 0 Å². The van der Waals surface area contributed by atoms with Crippen molar-refractivity contribution < 1.29 is 9.53 Å². The molecule has 0 atom stereocenters. The van der Waals surface area contributed by atoms with E-state index in [0.29, 0.717) is 28.5 Å². The smallest absolute Gasteiger partial charge is 0.196 e. The van der Waals surface area contributed by atoms with E-state index >= 15 is 0 Å². The minimum absolute atomic E-state index is 0.0619. The Bertz CT molecular complexity index is 650. The molecule has 0 spiro atoms. The Hall–Kier alpha value is -1.32. The number of hydrogen-bond donors (Lipinski definition) is 0. The number of rotatable bonds is 2. The van der Waals surface area contributed by atoms with E-state index in [1.165, 1.54) is 0 Å². The van der Waals surface area contributed by atoms with Gasteiger partial charge in [0.05, 0.1) is 12.2 Å². The van der Waals surface area contributed by atoms with Crippen LogP contribution in [0.5, 0.6) is 5.75 Å². The van der Waals surface area contributed by atoms with E-state index in [2.05, 4.69) is 15.9 Å². The van der Waals surface area contributed by atoms with Crippen LogP contribution in [0.1, 0.15) is 21.5 Å². The van der Waals surface area contributed by atoms with Gasteiger partial charge < -0.3 is 4.74 Å². The summed E-state index contributed by atoms with van der Waals surface area (Å²) in [6.45, 7) is 0.607. The van der Waals surface area contributed by atoms with Gasteiger partial charge in [0.2, 0.25) is 0 Å².